The van der Waals surface area contributed by atoms with Crippen LogP contribution in [-0.4, -0.2) is 59.4 Å². The lowest BCUT2D eigenvalue weighted by atomic mass is 9.87. The Hall–Kier alpha value is -2.48. The molecule has 1 aromatic carbocycles. The molecular formula is C18H23FN4O3. The summed E-state index contributed by atoms with van der Waals surface area (Å²) >= 11 is 0. The van der Waals surface area contributed by atoms with Gasteiger partial charge in [0.15, 0.2) is 0 Å². The monoisotopic (exact) mass is 362 g/mol. The molecule has 2 fully saturated rings. The van der Waals surface area contributed by atoms with Gasteiger partial charge in [-0.05, 0) is 50.1 Å². The highest BCUT2D eigenvalue weighted by Gasteiger charge is 2.52. The molecule has 140 valence electrons. The van der Waals surface area contributed by atoms with Gasteiger partial charge in [-0.3, -0.25) is 14.5 Å². The van der Waals surface area contributed by atoms with E-state index in [1.54, 1.807) is 0 Å². The van der Waals surface area contributed by atoms with Crippen molar-refractivity contribution in [3.8, 4) is 0 Å². The third-order valence-corrected chi connectivity index (χ3v) is 4.93. The van der Waals surface area contributed by atoms with Crippen LogP contribution in [0.25, 0.3) is 0 Å². The van der Waals surface area contributed by atoms with Gasteiger partial charge >= 0.3 is 6.03 Å². The van der Waals surface area contributed by atoms with Crippen molar-refractivity contribution >= 4 is 23.5 Å². The summed E-state index contributed by atoms with van der Waals surface area (Å²) in [5.41, 5.74) is -0.483. The van der Waals surface area contributed by atoms with Gasteiger partial charge in [-0.15, -0.1) is 0 Å². The van der Waals surface area contributed by atoms with Crippen molar-refractivity contribution in [2.75, 3.05) is 31.5 Å². The van der Waals surface area contributed by atoms with E-state index in [-0.39, 0.29) is 12.5 Å². The number of hydrogen-bond donors (Lipinski definition) is 2. The average Bonchev–Trinajstić information content (AvgIpc) is 2.84. The molecule has 2 aliphatic heterocycles. The van der Waals surface area contributed by atoms with Crippen molar-refractivity contribution in [3.05, 3.63) is 30.1 Å². The number of halogens is 1. The number of imide groups is 1. The number of piperidine rings is 1. The fourth-order valence-corrected chi connectivity index (χ4v) is 3.51. The zero-order valence-electron chi connectivity index (χ0n) is 14.8. The first kappa shape index (κ1) is 18.3. The maximum Gasteiger partial charge on any atom is 0.325 e. The minimum Gasteiger partial charge on any atom is -0.325 e. The predicted octanol–water partition coefficient (Wildman–Crippen LogP) is 1.56. The lowest BCUT2D eigenvalue weighted by molar-refractivity contribution is -0.135. The van der Waals surface area contributed by atoms with Gasteiger partial charge in [-0.25, -0.2) is 9.18 Å². The Balaban J connectivity index is 1.60. The molecule has 2 saturated heterocycles. The van der Waals surface area contributed by atoms with Crippen molar-refractivity contribution < 1.29 is 18.8 Å². The van der Waals surface area contributed by atoms with E-state index in [4.69, 9.17) is 0 Å². The fraction of sp³-hybridized carbons (Fsp3) is 0.500. The second kappa shape index (κ2) is 7.41. The molecule has 1 spiro atoms. The third-order valence-electron chi connectivity index (χ3n) is 4.93. The second-order valence-corrected chi connectivity index (χ2v) is 6.80. The molecule has 2 aliphatic rings. The van der Waals surface area contributed by atoms with Gasteiger partial charge in [0.25, 0.3) is 5.91 Å². The molecule has 0 bridgehead atoms. The summed E-state index contributed by atoms with van der Waals surface area (Å²) in [6.45, 7) is 4.21. The zero-order chi connectivity index (χ0) is 18.7. The van der Waals surface area contributed by atoms with Gasteiger partial charge in [-0.2, -0.15) is 0 Å². The topological polar surface area (TPSA) is 81.8 Å². The van der Waals surface area contributed by atoms with Crippen molar-refractivity contribution in [2.45, 2.75) is 31.7 Å². The maximum atomic E-state index is 12.9. The van der Waals surface area contributed by atoms with Gasteiger partial charge in [0.2, 0.25) is 5.91 Å². The highest BCUT2D eigenvalue weighted by Crippen LogP contribution is 2.29. The van der Waals surface area contributed by atoms with E-state index in [2.05, 4.69) is 22.5 Å². The Morgan fingerprint density at radius 1 is 1.23 bits per heavy atom. The van der Waals surface area contributed by atoms with E-state index in [0.717, 1.165) is 31.0 Å². The van der Waals surface area contributed by atoms with E-state index in [1.807, 2.05) is 0 Å². The second-order valence-electron chi connectivity index (χ2n) is 6.80. The Labute approximate surface area is 151 Å². The molecule has 1 aromatic rings. The number of likely N-dealkylation sites (tertiary alicyclic amines) is 1. The number of carbonyl (C=O) groups is 3. The lowest BCUT2D eigenvalue weighted by Crippen LogP contribution is -2.55. The average molecular weight is 362 g/mol. The molecule has 26 heavy (non-hydrogen) atoms. The van der Waals surface area contributed by atoms with Crippen LogP contribution in [0.5, 0.6) is 0 Å². The minimum atomic E-state index is -0.891. The van der Waals surface area contributed by atoms with Gasteiger partial charge < -0.3 is 15.5 Å². The smallest absolute Gasteiger partial charge is 0.325 e. The molecule has 0 radical (unpaired) electrons. The number of hydrogen-bond acceptors (Lipinski definition) is 4. The number of urea groups is 1. The number of anilines is 1. The van der Waals surface area contributed by atoms with Gasteiger partial charge in [0.05, 0.1) is 0 Å². The highest BCUT2D eigenvalue weighted by molar-refractivity contribution is 6.10. The lowest BCUT2D eigenvalue weighted by Gasteiger charge is -2.37. The Morgan fingerprint density at radius 2 is 1.88 bits per heavy atom. The SMILES string of the molecule is CCCN1CCC2(CC1)NC(=O)N(CC(=O)Nc1ccc(F)cc1)C2=O. The van der Waals surface area contributed by atoms with E-state index < -0.39 is 23.3 Å². The molecule has 0 aliphatic carbocycles. The summed E-state index contributed by atoms with van der Waals surface area (Å²) in [6, 6.07) is 4.76. The quantitative estimate of drug-likeness (QED) is 0.779. The number of nitrogens with zero attached hydrogens (tertiary/aromatic N) is 2. The third kappa shape index (κ3) is 3.70. The van der Waals surface area contributed by atoms with Crippen LogP contribution >= 0.6 is 0 Å². The standard InChI is InChI=1S/C18H23FN4O3/c1-2-9-22-10-7-18(8-11-22)16(25)23(17(26)21-18)12-15(24)20-14-5-3-13(19)4-6-14/h3-6H,2,7-12H2,1H3,(H,20,24)(H,21,26). The van der Waals surface area contributed by atoms with E-state index in [1.165, 1.54) is 24.3 Å². The molecule has 3 rings (SSSR count). The van der Waals surface area contributed by atoms with Crippen molar-refractivity contribution in [2.24, 2.45) is 0 Å². The summed E-state index contributed by atoms with van der Waals surface area (Å²) in [5, 5.41) is 5.35. The van der Waals surface area contributed by atoms with Crippen LogP contribution < -0.4 is 10.6 Å². The number of rotatable bonds is 5. The van der Waals surface area contributed by atoms with Crippen LogP contribution in [0.4, 0.5) is 14.9 Å². The van der Waals surface area contributed by atoms with Crippen molar-refractivity contribution in [1.29, 1.82) is 0 Å². The molecule has 0 atom stereocenters. The number of benzene rings is 1. The van der Waals surface area contributed by atoms with E-state index in [9.17, 15) is 18.8 Å². The summed E-state index contributed by atoms with van der Waals surface area (Å²) in [5.74, 6) is -1.25. The summed E-state index contributed by atoms with van der Waals surface area (Å²) < 4.78 is 12.9. The Morgan fingerprint density at radius 3 is 2.50 bits per heavy atom. The molecule has 4 amide bonds. The molecular weight excluding hydrogens is 339 g/mol. The maximum absolute atomic E-state index is 12.9. The van der Waals surface area contributed by atoms with Crippen molar-refractivity contribution in [1.82, 2.24) is 15.1 Å². The van der Waals surface area contributed by atoms with E-state index >= 15 is 0 Å². The minimum absolute atomic E-state index is 0.340. The van der Waals surface area contributed by atoms with Crippen LogP contribution in [-0.2, 0) is 9.59 Å². The fourth-order valence-electron chi connectivity index (χ4n) is 3.51. The number of nitrogens with one attached hydrogen (secondary N) is 2. The van der Waals surface area contributed by atoms with Crippen LogP contribution in [0.1, 0.15) is 26.2 Å². The molecule has 7 nitrogen and oxygen atoms in total. The van der Waals surface area contributed by atoms with E-state index in [0.29, 0.717) is 18.5 Å². The Kier molecular flexibility index (Phi) is 5.22. The van der Waals surface area contributed by atoms with Crippen LogP contribution in [0.15, 0.2) is 24.3 Å². The molecule has 8 heteroatoms. The number of carbonyl (C=O) groups excluding carboxylic acids is 3. The van der Waals surface area contributed by atoms with Gasteiger partial charge in [0, 0.05) is 18.8 Å². The molecule has 0 unspecified atom stereocenters. The first-order valence-corrected chi connectivity index (χ1v) is 8.85. The molecule has 0 aromatic heterocycles. The predicted molar refractivity (Wildman–Crippen MR) is 94.0 cm³/mol. The number of amides is 4. The molecule has 0 saturated carbocycles. The zero-order valence-corrected chi connectivity index (χ0v) is 14.8. The summed E-state index contributed by atoms with van der Waals surface area (Å²) in [4.78, 5) is 40.4. The van der Waals surface area contributed by atoms with Gasteiger partial charge in [-0.1, -0.05) is 6.92 Å². The first-order chi connectivity index (χ1) is 12.4. The highest BCUT2D eigenvalue weighted by atomic mass is 19.1. The Bertz CT molecular complexity index is 699. The largest absolute Gasteiger partial charge is 0.325 e. The first-order valence-electron chi connectivity index (χ1n) is 8.85. The van der Waals surface area contributed by atoms with Crippen molar-refractivity contribution in [3.63, 3.8) is 0 Å². The summed E-state index contributed by atoms with van der Waals surface area (Å²) in [7, 11) is 0. The van der Waals surface area contributed by atoms with Crippen LogP contribution in [0.2, 0.25) is 0 Å². The summed E-state index contributed by atoms with van der Waals surface area (Å²) in [6.07, 6.45) is 2.14. The van der Waals surface area contributed by atoms with Crippen LogP contribution in [0, 0.1) is 5.82 Å². The van der Waals surface area contributed by atoms with Crippen LogP contribution in [0.3, 0.4) is 0 Å². The normalized spacial score (nSPS) is 19.7. The molecule has 2 N–H and O–H groups in total. The molecule has 2 heterocycles. The van der Waals surface area contributed by atoms with Gasteiger partial charge in [0.1, 0.15) is 17.9 Å².